The fourth-order valence-corrected chi connectivity index (χ4v) is 5.41. The van der Waals surface area contributed by atoms with Crippen molar-refractivity contribution >= 4 is 43.8 Å². The molecule has 1 heterocycles. The van der Waals surface area contributed by atoms with Crippen LogP contribution in [0.2, 0.25) is 4.34 Å². The van der Waals surface area contributed by atoms with Gasteiger partial charge in [-0.15, -0.1) is 0 Å². The average molecular weight is 567 g/mol. The number of likely N-dealkylation sites (N-methyl/N-ethyl adjacent to an activating group) is 2. The zero-order chi connectivity index (χ0) is 26.5. The van der Waals surface area contributed by atoms with Gasteiger partial charge in [-0.1, -0.05) is 35.9 Å². The number of hydrogen-bond acceptors (Lipinski definition) is 7. The van der Waals surface area contributed by atoms with Gasteiger partial charge in [0.25, 0.3) is 10.0 Å². The molecule has 0 bridgehead atoms. The normalized spacial score (nSPS) is 12.0. The zero-order valence-electron chi connectivity index (χ0n) is 19.2. The fourth-order valence-electron chi connectivity index (χ4n) is 3.20. The van der Waals surface area contributed by atoms with Gasteiger partial charge in [-0.25, -0.2) is 17.8 Å². The molecule has 0 amide bonds. The first-order valence-electron chi connectivity index (χ1n) is 10.6. The number of anilines is 2. The standard InChI is InChI=1S/C22H23ClF4N4O3S2/c1-3-28-8-9-31(2)17-10-15(22(25,26)27)5-4-14(17)13-34-18-7-6-16(24)11-19(18)36(32,33)30-21-29-12-20(23)35-21/h4-7,10-12,28H,3,8-9,13H2,1-2H3,(H,29,30). The summed E-state index contributed by atoms with van der Waals surface area (Å²) in [5, 5.41) is 3.08. The molecule has 0 saturated heterocycles. The summed E-state index contributed by atoms with van der Waals surface area (Å²) in [6.07, 6.45) is -3.29. The van der Waals surface area contributed by atoms with Gasteiger partial charge < -0.3 is 15.0 Å². The number of hydrogen-bond donors (Lipinski definition) is 2. The highest BCUT2D eigenvalue weighted by atomic mass is 35.5. The molecule has 0 spiro atoms. The molecule has 3 rings (SSSR count). The molecule has 1 aromatic heterocycles. The zero-order valence-corrected chi connectivity index (χ0v) is 21.6. The third kappa shape index (κ3) is 7.21. The third-order valence-electron chi connectivity index (χ3n) is 4.98. The van der Waals surface area contributed by atoms with E-state index in [1.54, 1.807) is 11.9 Å². The number of benzene rings is 2. The van der Waals surface area contributed by atoms with E-state index >= 15 is 0 Å². The lowest BCUT2D eigenvalue weighted by Gasteiger charge is -2.24. The monoisotopic (exact) mass is 566 g/mol. The van der Waals surface area contributed by atoms with Crippen LogP contribution in [0.15, 0.2) is 47.5 Å². The van der Waals surface area contributed by atoms with Crippen LogP contribution >= 0.6 is 22.9 Å². The average Bonchev–Trinajstić information content (AvgIpc) is 3.21. The molecule has 14 heteroatoms. The maximum Gasteiger partial charge on any atom is 0.416 e. The summed E-state index contributed by atoms with van der Waals surface area (Å²) in [5.41, 5.74) is -0.174. The van der Waals surface area contributed by atoms with E-state index in [9.17, 15) is 26.0 Å². The van der Waals surface area contributed by atoms with Crippen molar-refractivity contribution in [2.24, 2.45) is 0 Å². The Balaban J connectivity index is 1.90. The number of ether oxygens (including phenoxy) is 1. The van der Waals surface area contributed by atoms with E-state index in [-0.39, 0.29) is 27.5 Å². The molecule has 0 aliphatic rings. The smallest absolute Gasteiger partial charge is 0.416 e. The molecule has 36 heavy (non-hydrogen) atoms. The molecule has 7 nitrogen and oxygen atoms in total. The molecular weight excluding hydrogens is 544 g/mol. The Labute approximate surface area is 215 Å². The minimum absolute atomic E-state index is 0.0254. The Morgan fingerprint density at radius 2 is 1.94 bits per heavy atom. The second kappa shape index (κ2) is 11.6. The first kappa shape index (κ1) is 28.0. The summed E-state index contributed by atoms with van der Waals surface area (Å²) in [6, 6.07) is 6.15. The van der Waals surface area contributed by atoms with E-state index in [1.165, 1.54) is 12.3 Å². The lowest BCUT2D eigenvalue weighted by atomic mass is 10.1. The highest BCUT2D eigenvalue weighted by molar-refractivity contribution is 7.93. The van der Waals surface area contributed by atoms with Crippen LogP contribution in [0, 0.1) is 5.82 Å². The van der Waals surface area contributed by atoms with E-state index in [0.717, 1.165) is 41.7 Å². The maximum atomic E-state index is 14.0. The summed E-state index contributed by atoms with van der Waals surface area (Å²) in [7, 11) is -2.67. The fraction of sp³-hybridized carbons (Fsp3) is 0.318. The van der Waals surface area contributed by atoms with E-state index in [4.69, 9.17) is 16.3 Å². The van der Waals surface area contributed by atoms with Crippen molar-refractivity contribution in [3.05, 3.63) is 63.9 Å². The molecule has 196 valence electrons. The molecule has 2 aromatic carbocycles. The molecule has 0 radical (unpaired) electrons. The van der Waals surface area contributed by atoms with Gasteiger partial charge in [0.15, 0.2) is 5.13 Å². The van der Waals surface area contributed by atoms with E-state index in [0.29, 0.717) is 25.2 Å². The van der Waals surface area contributed by atoms with Crippen molar-refractivity contribution in [1.82, 2.24) is 10.3 Å². The van der Waals surface area contributed by atoms with Crippen molar-refractivity contribution in [3.8, 4) is 5.75 Å². The van der Waals surface area contributed by atoms with Crippen molar-refractivity contribution in [1.29, 1.82) is 0 Å². The number of halogens is 5. The second-order valence-corrected chi connectivity index (χ2v) is 10.9. The summed E-state index contributed by atoms with van der Waals surface area (Å²) in [4.78, 5) is 4.97. The molecule has 0 saturated carbocycles. The highest BCUT2D eigenvalue weighted by Gasteiger charge is 2.31. The number of alkyl halides is 3. The number of sulfonamides is 1. The van der Waals surface area contributed by atoms with Crippen molar-refractivity contribution < 1.29 is 30.7 Å². The van der Waals surface area contributed by atoms with Gasteiger partial charge in [0.1, 0.15) is 27.4 Å². The van der Waals surface area contributed by atoms with Crippen LogP contribution in [0.5, 0.6) is 5.75 Å². The largest absolute Gasteiger partial charge is 0.487 e. The van der Waals surface area contributed by atoms with Crippen LogP contribution in [0.3, 0.4) is 0 Å². The Morgan fingerprint density at radius 3 is 2.58 bits per heavy atom. The molecule has 0 unspecified atom stereocenters. The van der Waals surface area contributed by atoms with Gasteiger partial charge >= 0.3 is 6.18 Å². The Bertz CT molecular complexity index is 1300. The van der Waals surface area contributed by atoms with Gasteiger partial charge in [-0.3, -0.25) is 4.72 Å². The predicted octanol–water partition coefficient (Wildman–Crippen LogP) is 5.38. The Hall–Kier alpha value is -2.61. The first-order chi connectivity index (χ1) is 16.9. The minimum atomic E-state index is -4.54. The van der Waals surface area contributed by atoms with Crippen molar-refractivity contribution in [3.63, 3.8) is 0 Å². The van der Waals surface area contributed by atoms with E-state index in [1.807, 2.05) is 6.92 Å². The van der Waals surface area contributed by atoms with Crippen LogP contribution in [-0.2, 0) is 22.8 Å². The first-order valence-corrected chi connectivity index (χ1v) is 13.3. The SMILES string of the molecule is CCNCCN(C)c1cc(C(F)(F)F)ccc1COc1ccc(F)cc1S(=O)(=O)Nc1ncc(Cl)s1. The van der Waals surface area contributed by atoms with Crippen LogP contribution in [0.4, 0.5) is 28.4 Å². The lowest BCUT2D eigenvalue weighted by molar-refractivity contribution is -0.137. The maximum absolute atomic E-state index is 14.0. The molecule has 2 N–H and O–H groups in total. The van der Waals surface area contributed by atoms with Crippen LogP contribution in [0.1, 0.15) is 18.1 Å². The van der Waals surface area contributed by atoms with Gasteiger partial charge in [-0.2, -0.15) is 13.2 Å². The molecule has 0 aliphatic heterocycles. The van der Waals surface area contributed by atoms with Crippen LogP contribution < -0.4 is 19.7 Å². The van der Waals surface area contributed by atoms with Gasteiger partial charge in [0.05, 0.1) is 11.8 Å². The van der Waals surface area contributed by atoms with Crippen LogP contribution in [0.25, 0.3) is 0 Å². The predicted molar refractivity (Wildman–Crippen MR) is 132 cm³/mol. The molecule has 0 aliphatic carbocycles. The molecular formula is C22H23ClF4N4O3S2. The number of thiazole rings is 1. The topological polar surface area (TPSA) is 83.6 Å². The number of nitrogens with one attached hydrogen (secondary N) is 2. The van der Waals surface area contributed by atoms with Crippen LogP contribution in [-0.4, -0.2) is 40.1 Å². The minimum Gasteiger partial charge on any atom is -0.487 e. The Kier molecular flexibility index (Phi) is 9.03. The summed E-state index contributed by atoms with van der Waals surface area (Å²) >= 11 is 6.66. The lowest BCUT2D eigenvalue weighted by Crippen LogP contribution is -2.30. The summed E-state index contributed by atoms with van der Waals surface area (Å²) in [5.74, 6) is -1.01. The molecule has 3 aromatic rings. The second-order valence-electron chi connectivity index (χ2n) is 7.57. The molecule has 0 atom stereocenters. The Morgan fingerprint density at radius 1 is 1.19 bits per heavy atom. The van der Waals surface area contributed by atoms with Crippen molar-refractivity contribution in [2.45, 2.75) is 24.6 Å². The van der Waals surface area contributed by atoms with Gasteiger partial charge in [0.2, 0.25) is 0 Å². The summed E-state index contributed by atoms with van der Waals surface area (Å²) in [6.45, 7) is 3.30. The van der Waals surface area contributed by atoms with Gasteiger partial charge in [-0.05, 0) is 36.9 Å². The van der Waals surface area contributed by atoms with E-state index in [2.05, 4.69) is 15.0 Å². The highest BCUT2D eigenvalue weighted by Crippen LogP contribution is 2.35. The van der Waals surface area contributed by atoms with Gasteiger partial charge in [0, 0.05) is 31.4 Å². The number of aromatic nitrogens is 1. The summed E-state index contributed by atoms with van der Waals surface area (Å²) < 4.78 is 87.9. The quantitative estimate of drug-likeness (QED) is 0.239. The molecule has 0 fully saturated rings. The van der Waals surface area contributed by atoms with E-state index < -0.39 is 32.5 Å². The number of rotatable bonds is 11. The third-order valence-corrected chi connectivity index (χ3v) is 7.50. The number of nitrogens with zero attached hydrogens (tertiary/aromatic N) is 2. The van der Waals surface area contributed by atoms with Crippen molar-refractivity contribution in [2.75, 3.05) is 36.3 Å².